The molecule has 1 aliphatic rings. The second-order valence-corrected chi connectivity index (χ2v) is 6.33. The van der Waals surface area contributed by atoms with Crippen molar-refractivity contribution in [3.63, 3.8) is 0 Å². The zero-order valence-corrected chi connectivity index (χ0v) is 12.7. The van der Waals surface area contributed by atoms with Crippen molar-refractivity contribution in [2.24, 2.45) is 11.8 Å². The van der Waals surface area contributed by atoms with Crippen molar-refractivity contribution in [1.29, 1.82) is 0 Å². The summed E-state index contributed by atoms with van der Waals surface area (Å²) in [6.45, 7) is 4.55. The lowest BCUT2D eigenvalue weighted by Crippen LogP contribution is -2.28. The van der Waals surface area contributed by atoms with Gasteiger partial charge in [0.25, 0.3) is 5.69 Å². The predicted octanol–water partition coefficient (Wildman–Crippen LogP) is 4.87. The molecule has 20 heavy (non-hydrogen) atoms. The first-order chi connectivity index (χ1) is 9.47. The van der Waals surface area contributed by atoms with Gasteiger partial charge in [-0.05, 0) is 43.6 Å². The fourth-order valence-corrected chi connectivity index (χ4v) is 3.06. The van der Waals surface area contributed by atoms with Crippen LogP contribution in [0.15, 0.2) is 18.2 Å². The van der Waals surface area contributed by atoms with Gasteiger partial charge in [-0.1, -0.05) is 25.4 Å². The summed E-state index contributed by atoms with van der Waals surface area (Å²) in [6.07, 6.45) is 4.62. The summed E-state index contributed by atoms with van der Waals surface area (Å²) in [4.78, 5) is 10.4. The second-order valence-electron chi connectivity index (χ2n) is 5.92. The van der Waals surface area contributed by atoms with Crippen LogP contribution < -0.4 is 5.32 Å². The SMILES string of the molecule is CC(C)C1CCC(Nc2cc([N+](=O)[O-])ccc2Cl)CC1. The van der Waals surface area contributed by atoms with Crippen molar-refractivity contribution in [3.05, 3.63) is 33.3 Å². The Kier molecular flexibility index (Phi) is 4.86. The molecule has 0 unspecified atom stereocenters. The smallest absolute Gasteiger partial charge is 0.271 e. The van der Waals surface area contributed by atoms with Crippen molar-refractivity contribution < 1.29 is 4.92 Å². The highest BCUT2D eigenvalue weighted by atomic mass is 35.5. The van der Waals surface area contributed by atoms with Gasteiger partial charge in [0, 0.05) is 18.2 Å². The van der Waals surface area contributed by atoms with E-state index in [-0.39, 0.29) is 5.69 Å². The third kappa shape index (κ3) is 3.63. The molecule has 0 atom stereocenters. The third-order valence-corrected chi connectivity index (χ3v) is 4.56. The lowest BCUT2D eigenvalue weighted by atomic mass is 9.79. The van der Waals surface area contributed by atoms with E-state index in [1.165, 1.54) is 25.0 Å². The van der Waals surface area contributed by atoms with E-state index in [1.54, 1.807) is 6.07 Å². The van der Waals surface area contributed by atoms with Crippen LogP contribution in [0.2, 0.25) is 5.02 Å². The van der Waals surface area contributed by atoms with Gasteiger partial charge in [-0.25, -0.2) is 0 Å². The summed E-state index contributed by atoms with van der Waals surface area (Å²) in [6, 6.07) is 4.91. The Hall–Kier alpha value is -1.29. The molecule has 1 aliphatic carbocycles. The van der Waals surface area contributed by atoms with Crippen LogP contribution in [0.1, 0.15) is 39.5 Å². The first-order valence-electron chi connectivity index (χ1n) is 7.18. The highest BCUT2D eigenvalue weighted by Gasteiger charge is 2.23. The monoisotopic (exact) mass is 296 g/mol. The molecule has 4 nitrogen and oxygen atoms in total. The highest BCUT2D eigenvalue weighted by molar-refractivity contribution is 6.33. The zero-order valence-electron chi connectivity index (χ0n) is 11.9. The van der Waals surface area contributed by atoms with E-state index >= 15 is 0 Å². The van der Waals surface area contributed by atoms with E-state index in [9.17, 15) is 10.1 Å². The maximum atomic E-state index is 10.8. The minimum absolute atomic E-state index is 0.0766. The van der Waals surface area contributed by atoms with E-state index in [4.69, 9.17) is 11.6 Å². The summed E-state index contributed by atoms with van der Waals surface area (Å²) >= 11 is 6.11. The van der Waals surface area contributed by atoms with E-state index in [0.717, 1.165) is 24.7 Å². The molecule has 0 aliphatic heterocycles. The predicted molar refractivity (Wildman–Crippen MR) is 82.3 cm³/mol. The number of rotatable bonds is 4. The van der Waals surface area contributed by atoms with Crippen LogP contribution in [-0.4, -0.2) is 11.0 Å². The average Bonchev–Trinajstić information content (AvgIpc) is 2.41. The molecule has 2 rings (SSSR count). The molecule has 1 aromatic carbocycles. The van der Waals surface area contributed by atoms with Gasteiger partial charge in [0.05, 0.1) is 15.6 Å². The fraction of sp³-hybridized carbons (Fsp3) is 0.600. The Morgan fingerprint density at radius 1 is 1.30 bits per heavy atom. The van der Waals surface area contributed by atoms with Gasteiger partial charge in [-0.3, -0.25) is 10.1 Å². The number of benzene rings is 1. The van der Waals surface area contributed by atoms with Gasteiger partial charge in [-0.15, -0.1) is 0 Å². The van der Waals surface area contributed by atoms with Crippen molar-refractivity contribution >= 4 is 23.0 Å². The summed E-state index contributed by atoms with van der Waals surface area (Å²) in [5, 5.41) is 14.7. The average molecular weight is 297 g/mol. The summed E-state index contributed by atoms with van der Waals surface area (Å²) < 4.78 is 0. The minimum atomic E-state index is -0.392. The van der Waals surface area contributed by atoms with Crippen LogP contribution in [-0.2, 0) is 0 Å². The number of nitrogens with zero attached hydrogens (tertiary/aromatic N) is 1. The molecule has 0 saturated heterocycles. The summed E-state index contributed by atoms with van der Waals surface area (Å²) in [7, 11) is 0. The van der Waals surface area contributed by atoms with Crippen LogP contribution in [0.25, 0.3) is 0 Å². The molecule has 0 bridgehead atoms. The molecule has 0 amide bonds. The Labute approximate surface area is 124 Å². The Balaban J connectivity index is 2.00. The summed E-state index contributed by atoms with van der Waals surface area (Å²) in [5.74, 6) is 1.53. The van der Waals surface area contributed by atoms with E-state index < -0.39 is 4.92 Å². The van der Waals surface area contributed by atoms with Crippen LogP contribution in [0.5, 0.6) is 0 Å². The maximum Gasteiger partial charge on any atom is 0.271 e. The van der Waals surface area contributed by atoms with Crippen LogP contribution in [0.3, 0.4) is 0 Å². The number of hydrogen-bond donors (Lipinski definition) is 1. The Bertz CT molecular complexity index is 483. The molecular weight excluding hydrogens is 276 g/mol. The van der Waals surface area contributed by atoms with Crippen LogP contribution in [0.4, 0.5) is 11.4 Å². The van der Waals surface area contributed by atoms with Gasteiger partial charge in [0.15, 0.2) is 0 Å². The van der Waals surface area contributed by atoms with Crippen molar-refractivity contribution in [2.75, 3.05) is 5.32 Å². The largest absolute Gasteiger partial charge is 0.381 e. The van der Waals surface area contributed by atoms with Crippen LogP contribution in [0, 0.1) is 22.0 Å². The first-order valence-corrected chi connectivity index (χ1v) is 7.55. The molecule has 5 heteroatoms. The van der Waals surface area contributed by atoms with E-state index in [2.05, 4.69) is 19.2 Å². The molecular formula is C15H21ClN2O2. The molecule has 1 N–H and O–H groups in total. The number of nitro groups is 1. The van der Waals surface area contributed by atoms with Crippen molar-refractivity contribution in [2.45, 2.75) is 45.6 Å². The van der Waals surface area contributed by atoms with Gasteiger partial charge in [0.2, 0.25) is 0 Å². The topological polar surface area (TPSA) is 55.2 Å². The van der Waals surface area contributed by atoms with Gasteiger partial charge in [-0.2, -0.15) is 0 Å². The standard InChI is InChI=1S/C15H21ClN2O2/c1-10(2)11-3-5-12(6-4-11)17-15-9-13(18(19)20)7-8-14(15)16/h7-12,17H,3-6H2,1-2H3. The Morgan fingerprint density at radius 2 is 1.95 bits per heavy atom. The number of halogens is 1. The van der Waals surface area contributed by atoms with E-state index in [0.29, 0.717) is 16.8 Å². The molecule has 0 radical (unpaired) electrons. The Morgan fingerprint density at radius 3 is 2.50 bits per heavy atom. The second kappa shape index (κ2) is 6.44. The summed E-state index contributed by atoms with van der Waals surface area (Å²) in [5.41, 5.74) is 0.752. The number of nitro benzene ring substituents is 1. The molecule has 0 aromatic heterocycles. The number of nitrogens with one attached hydrogen (secondary N) is 1. The molecule has 1 aromatic rings. The van der Waals surface area contributed by atoms with Gasteiger partial charge in [0.1, 0.15) is 0 Å². The quantitative estimate of drug-likeness (QED) is 0.636. The number of hydrogen-bond acceptors (Lipinski definition) is 3. The normalized spacial score (nSPS) is 22.8. The highest BCUT2D eigenvalue weighted by Crippen LogP contribution is 2.33. The maximum absolute atomic E-state index is 10.8. The lowest BCUT2D eigenvalue weighted by Gasteiger charge is -2.32. The van der Waals surface area contributed by atoms with Gasteiger partial charge < -0.3 is 5.32 Å². The molecule has 0 heterocycles. The molecule has 0 spiro atoms. The molecule has 1 saturated carbocycles. The zero-order chi connectivity index (χ0) is 14.7. The van der Waals surface area contributed by atoms with E-state index in [1.807, 2.05) is 0 Å². The number of anilines is 1. The fourth-order valence-electron chi connectivity index (χ4n) is 2.89. The third-order valence-electron chi connectivity index (χ3n) is 4.24. The lowest BCUT2D eigenvalue weighted by molar-refractivity contribution is -0.384. The first kappa shape index (κ1) is 15.1. The number of non-ortho nitro benzene ring substituents is 1. The molecule has 1 fully saturated rings. The minimum Gasteiger partial charge on any atom is -0.381 e. The molecule has 110 valence electrons. The van der Waals surface area contributed by atoms with Gasteiger partial charge >= 0.3 is 0 Å². The van der Waals surface area contributed by atoms with Crippen LogP contribution >= 0.6 is 11.6 Å². The van der Waals surface area contributed by atoms with Crippen molar-refractivity contribution in [3.8, 4) is 0 Å². The van der Waals surface area contributed by atoms with Crippen molar-refractivity contribution in [1.82, 2.24) is 0 Å².